The average Bonchev–Trinajstić information content (AvgIpc) is 2.53. The van der Waals surface area contributed by atoms with Crippen LogP contribution in [0, 0.1) is 0 Å². The molecule has 0 radical (unpaired) electrons. The van der Waals surface area contributed by atoms with Gasteiger partial charge in [0.05, 0.1) is 11.3 Å². The Morgan fingerprint density at radius 1 is 1.12 bits per heavy atom. The van der Waals surface area contributed by atoms with E-state index in [1.54, 1.807) is 0 Å². The zero-order valence-corrected chi connectivity index (χ0v) is 15.7. The molecule has 7 nitrogen and oxygen atoms in total. The Morgan fingerprint density at radius 2 is 1.58 bits per heavy atom. The summed E-state index contributed by atoms with van der Waals surface area (Å²) in [5, 5.41) is 9.97. The highest BCUT2D eigenvalue weighted by molar-refractivity contribution is 7.85. The molecule has 0 heterocycles. The number of nitrogens with one attached hydrogen (secondary N) is 1. The summed E-state index contributed by atoms with van der Waals surface area (Å²) in [6.07, 6.45) is 3.70. The van der Waals surface area contributed by atoms with Gasteiger partial charge in [-0.3, -0.25) is 9.35 Å². The van der Waals surface area contributed by atoms with Crippen LogP contribution < -0.4 is 5.32 Å². The van der Waals surface area contributed by atoms with Gasteiger partial charge in [0, 0.05) is 6.08 Å². The SMILES string of the molecule is C=CC(=O)NC(C)(C)CS(=O)(=O)O.C=CC(=O)O.C=Cc1ccccc1. The number of amides is 1. The molecule has 1 amide bonds. The average molecular weight is 383 g/mol. The monoisotopic (exact) mass is 383 g/mol. The van der Waals surface area contributed by atoms with Crippen LogP contribution >= 0.6 is 0 Å². The molecule has 26 heavy (non-hydrogen) atoms. The predicted octanol–water partition coefficient (Wildman–Crippen LogP) is 2.54. The van der Waals surface area contributed by atoms with Gasteiger partial charge in [0.2, 0.25) is 5.91 Å². The van der Waals surface area contributed by atoms with Crippen molar-refractivity contribution in [3.8, 4) is 0 Å². The maximum absolute atomic E-state index is 10.8. The summed E-state index contributed by atoms with van der Waals surface area (Å²) >= 11 is 0. The molecule has 8 heteroatoms. The van der Waals surface area contributed by atoms with Crippen LogP contribution in [0.25, 0.3) is 6.08 Å². The lowest BCUT2D eigenvalue weighted by Crippen LogP contribution is -2.47. The zero-order chi connectivity index (χ0) is 20.8. The molecular weight excluding hydrogens is 358 g/mol. The molecule has 0 fully saturated rings. The lowest BCUT2D eigenvalue weighted by Gasteiger charge is -2.23. The summed E-state index contributed by atoms with van der Waals surface area (Å²) in [5.74, 6) is -1.99. The van der Waals surface area contributed by atoms with Crippen molar-refractivity contribution in [2.45, 2.75) is 19.4 Å². The van der Waals surface area contributed by atoms with Crippen LogP contribution in [0.3, 0.4) is 0 Å². The van der Waals surface area contributed by atoms with Crippen molar-refractivity contribution >= 4 is 28.1 Å². The Hall–Kier alpha value is -2.71. The van der Waals surface area contributed by atoms with E-state index in [0.29, 0.717) is 0 Å². The molecular formula is C18H25NO6S. The van der Waals surface area contributed by atoms with Crippen molar-refractivity contribution in [2.75, 3.05) is 5.75 Å². The van der Waals surface area contributed by atoms with Crippen LogP contribution in [0.2, 0.25) is 0 Å². The lowest BCUT2D eigenvalue weighted by atomic mass is 10.1. The summed E-state index contributed by atoms with van der Waals surface area (Å²) < 4.78 is 29.5. The molecule has 0 atom stereocenters. The van der Waals surface area contributed by atoms with Crippen LogP contribution in [-0.4, -0.2) is 41.2 Å². The van der Waals surface area contributed by atoms with Gasteiger partial charge in [-0.25, -0.2) is 4.79 Å². The van der Waals surface area contributed by atoms with Gasteiger partial charge in [0.1, 0.15) is 0 Å². The highest BCUT2D eigenvalue weighted by atomic mass is 32.2. The second kappa shape index (κ2) is 12.6. The van der Waals surface area contributed by atoms with Crippen molar-refractivity contribution in [3.05, 3.63) is 67.8 Å². The number of aliphatic carboxylic acids is 1. The van der Waals surface area contributed by atoms with E-state index in [0.717, 1.165) is 12.2 Å². The third kappa shape index (κ3) is 17.6. The van der Waals surface area contributed by atoms with Crippen LogP contribution in [0.1, 0.15) is 19.4 Å². The predicted molar refractivity (Wildman–Crippen MR) is 103 cm³/mol. The number of carboxylic acid groups (broad SMARTS) is 1. The molecule has 0 bridgehead atoms. The largest absolute Gasteiger partial charge is 0.478 e. The first-order chi connectivity index (χ1) is 11.9. The van der Waals surface area contributed by atoms with Gasteiger partial charge in [-0.05, 0) is 25.5 Å². The van der Waals surface area contributed by atoms with Gasteiger partial charge in [-0.1, -0.05) is 56.1 Å². The highest BCUT2D eigenvalue weighted by Crippen LogP contribution is 2.05. The van der Waals surface area contributed by atoms with Crippen molar-refractivity contribution in [3.63, 3.8) is 0 Å². The van der Waals surface area contributed by atoms with Crippen LogP contribution in [-0.2, 0) is 19.7 Å². The normalized spacial score (nSPS) is 9.96. The van der Waals surface area contributed by atoms with E-state index in [-0.39, 0.29) is 0 Å². The first kappa shape index (κ1) is 25.5. The van der Waals surface area contributed by atoms with Gasteiger partial charge in [0.25, 0.3) is 10.1 Å². The molecule has 0 aromatic heterocycles. The quantitative estimate of drug-likeness (QED) is 0.513. The first-order valence-electron chi connectivity index (χ1n) is 7.29. The van der Waals surface area contributed by atoms with E-state index < -0.39 is 33.3 Å². The first-order valence-corrected chi connectivity index (χ1v) is 8.90. The number of carbonyl (C=O) groups is 2. The third-order valence-electron chi connectivity index (χ3n) is 2.40. The standard InChI is InChI=1S/C8H8.C7H13NO4S.C3H4O2/c1-2-8-6-4-3-5-7-8;1-4-6(9)8-7(2,3)5-13(10,11)12;1-2-3(4)5/h2-7H,1H2;4H,1,5H2,2-3H3,(H,8,9)(H,10,11,12);2H,1H2,(H,4,5). The van der Waals surface area contributed by atoms with Crippen molar-refractivity contribution < 1.29 is 27.7 Å². The fourth-order valence-electron chi connectivity index (χ4n) is 1.47. The summed E-state index contributed by atoms with van der Waals surface area (Å²) in [4.78, 5) is 20.1. The number of carboxylic acids is 1. The number of rotatable bonds is 6. The van der Waals surface area contributed by atoms with E-state index in [2.05, 4.69) is 25.1 Å². The molecule has 0 unspecified atom stereocenters. The smallest absolute Gasteiger partial charge is 0.327 e. The van der Waals surface area contributed by atoms with E-state index in [9.17, 15) is 18.0 Å². The van der Waals surface area contributed by atoms with Crippen LogP contribution in [0.5, 0.6) is 0 Å². The van der Waals surface area contributed by atoms with E-state index in [4.69, 9.17) is 9.66 Å². The lowest BCUT2D eigenvalue weighted by molar-refractivity contribution is -0.131. The summed E-state index contributed by atoms with van der Waals surface area (Å²) in [6.45, 7) is 12.8. The molecule has 0 aliphatic carbocycles. The molecule has 1 rings (SSSR count). The number of carbonyl (C=O) groups excluding carboxylic acids is 1. The molecule has 3 N–H and O–H groups in total. The molecule has 0 saturated carbocycles. The molecule has 0 spiro atoms. The molecule has 144 valence electrons. The van der Waals surface area contributed by atoms with Crippen molar-refractivity contribution in [1.29, 1.82) is 0 Å². The number of benzene rings is 1. The Labute approximate surface area is 154 Å². The minimum Gasteiger partial charge on any atom is -0.478 e. The van der Waals surface area contributed by atoms with Gasteiger partial charge in [-0.2, -0.15) is 8.42 Å². The Morgan fingerprint density at radius 3 is 1.85 bits per heavy atom. The molecule has 1 aromatic carbocycles. The van der Waals surface area contributed by atoms with E-state index >= 15 is 0 Å². The Balaban J connectivity index is 0. The van der Waals surface area contributed by atoms with Gasteiger partial charge in [-0.15, -0.1) is 0 Å². The minimum absolute atomic E-state index is 0.478. The number of hydrogen-bond donors (Lipinski definition) is 3. The topological polar surface area (TPSA) is 121 Å². The molecule has 0 aliphatic heterocycles. The molecule has 0 saturated heterocycles. The van der Waals surface area contributed by atoms with Gasteiger partial charge < -0.3 is 10.4 Å². The Kier molecular flexibility index (Phi) is 12.4. The van der Waals surface area contributed by atoms with Crippen LogP contribution in [0.15, 0.2) is 62.2 Å². The summed E-state index contributed by atoms with van der Waals surface area (Å²) in [5.41, 5.74) is 0.172. The van der Waals surface area contributed by atoms with E-state index in [1.807, 2.05) is 36.4 Å². The molecule has 1 aromatic rings. The minimum atomic E-state index is -4.08. The maximum Gasteiger partial charge on any atom is 0.327 e. The van der Waals surface area contributed by atoms with Crippen molar-refractivity contribution in [1.82, 2.24) is 5.32 Å². The zero-order valence-electron chi connectivity index (χ0n) is 14.9. The Bertz CT molecular complexity index is 708. The van der Waals surface area contributed by atoms with E-state index in [1.165, 1.54) is 19.4 Å². The van der Waals surface area contributed by atoms with Gasteiger partial charge in [0.15, 0.2) is 0 Å². The third-order valence-corrected chi connectivity index (χ3v) is 3.49. The van der Waals surface area contributed by atoms with Crippen LogP contribution in [0.4, 0.5) is 0 Å². The number of hydrogen-bond acceptors (Lipinski definition) is 4. The summed E-state index contributed by atoms with van der Waals surface area (Å²) in [6, 6.07) is 10.0. The van der Waals surface area contributed by atoms with Gasteiger partial charge >= 0.3 is 5.97 Å². The van der Waals surface area contributed by atoms with Crippen molar-refractivity contribution in [2.24, 2.45) is 0 Å². The fourth-order valence-corrected chi connectivity index (χ4v) is 2.45. The fraction of sp³-hybridized carbons (Fsp3) is 0.222. The highest BCUT2D eigenvalue weighted by Gasteiger charge is 2.25. The maximum atomic E-state index is 10.8. The summed E-state index contributed by atoms with van der Waals surface area (Å²) in [7, 11) is -4.08. The molecule has 0 aliphatic rings. The second-order valence-electron chi connectivity index (χ2n) is 5.46. The second-order valence-corrected chi connectivity index (χ2v) is 6.91.